The van der Waals surface area contributed by atoms with Gasteiger partial charge in [0, 0.05) is 42.0 Å². The van der Waals surface area contributed by atoms with Crippen molar-refractivity contribution in [1.82, 2.24) is 0 Å². The van der Waals surface area contributed by atoms with Crippen molar-refractivity contribution in [2.24, 2.45) is 0 Å². The predicted octanol–water partition coefficient (Wildman–Crippen LogP) is 3.27. The summed E-state index contributed by atoms with van der Waals surface area (Å²) in [5, 5.41) is 9.23. The van der Waals surface area contributed by atoms with Crippen LogP contribution in [0.2, 0.25) is 0 Å². The number of hydrogen-bond acceptors (Lipinski definition) is 3. The van der Waals surface area contributed by atoms with Crippen molar-refractivity contribution >= 4 is 27.3 Å². The maximum absolute atomic E-state index is 9.23. The van der Waals surface area contributed by atoms with Crippen molar-refractivity contribution in [3.63, 3.8) is 0 Å². The van der Waals surface area contributed by atoms with Gasteiger partial charge in [-0.15, -0.1) is 0 Å². The molecular formula is C17H19BrN2O. The lowest BCUT2D eigenvalue weighted by molar-refractivity contribution is 0.281. The Labute approximate surface area is 133 Å². The molecule has 1 aliphatic rings. The highest BCUT2D eigenvalue weighted by Gasteiger charge is 2.17. The van der Waals surface area contributed by atoms with Crippen molar-refractivity contribution in [3.8, 4) is 0 Å². The smallest absolute Gasteiger partial charge is 0.0692 e. The van der Waals surface area contributed by atoms with Crippen LogP contribution in [-0.4, -0.2) is 31.3 Å². The third-order valence-electron chi connectivity index (χ3n) is 3.97. The van der Waals surface area contributed by atoms with Crippen LogP contribution in [0.3, 0.4) is 0 Å². The Morgan fingerprint density at radius 2 is 1.48 bits per heavy atom. The van der Waals surface area contributed by atoms with E-state index >= 15 is 0 Å². The van der Waals surface area contributed by atoms with E-state index in [0.717, 1.165) is 36.2 Å². The molecule has 3 nitrogen and oxygen atoms in total. The molecule has 1 N–H and O–H groups in total. The summed E-state index contributed by atoms with van der Waals surface area (Å²) < 4.78 is 0.980. The van der Waals surface area contributed by atoms with Gasteiger partial charge < -0.3 is 14.9 Å². The number of aliphatic hydroxyl groups excluding tert-OH is 1. The van der Waals surface area contributed by atoms with E-state index in [2.05, 4.69) is 68.2 Å². The monoisotopic (exact) mass is 346 g/mol. The van der Waals surface area contributed by atoms with Crippen LogP contribution in [0.4, 0.5) is 11.4 Å². The van der Waals surface area contributed by atoms with Crippen LogP contribution in [-0.2, 0) is 6.61 Å². The second-order valence-corrected chi connectivity index (χ2v) is 6.10. The van der Waals surface area contributed by atoms with Crippen LogP contribution >= 0.6 is 15.9 Å². The van der Waals surface area contributed by atoms with E-state index in [4.69, 9.17) is 0 Å². The molecule has 1 fully saturated rings. The van der Waals surface area contributed by atoms with Gasteiger partial charge in [-0.25, -0.2) is 0 Å². The fourth-order valence-electron chi connectivity index (χ4n) is 2.72. The summed E-state index contributed by atoms with van der Waals surface area (Å²) in [7, 11) is 0. The summed E-state index contributed by atoms with van der Waals surface area (Å²) in [4.78, 5) is 4.82. The lowest BCUT2D eigenvalue weighted by Gasteiger charge is -2.37. The Kier molecular flexibility index (Phi) is 4.46. The summed E-state index contributed by atoms with van der Waals surface area (Å²) in [6.07, 6.45) is 0. The lowest BCUT2D eigenvalue weighted by atomic mass is 10.2. The first kappa shape index (κ1) is 14.4. The van der Waals surface area contributed by atoms with E-state index in [9.17, 15) is 5.11 Å². The molecular weight excluding hydrogens is 328 g/mol. The summed E-state index contributed by atoms with van der Waals surface area (Å²) in [5.74, 6) is 0. The van der Waals surface area contributed by atoms with Crippen molar-refractivity contribution < 1.29 is 5.11 Å². The van der Waals surface area contributed by atoms with Gasteiger partial charge in [0.05, 0.1) is 6.61 Å². The summed E-state index contributed by atoms with van der Waals surface area (Å²) >= 11 is 3.53. The topological polar surface area (TPSA) is 26.7 Å². The van der Waals surface area contributed by atoms with Crippen LogP contribution in [0, 0.1) is 0 Å². The number of para-hydroxylation sites is 1. The largest absolute Gasteiger partial charge is 0.392 e. The van der Waals surface area contributed by atoms with E-state index < -0.39 is 0 Å². The van der Waals surface area contributed by atoms with Crippen molar-refractivity contribution in [3.05, 3.63) is 58.6 Å². The van der Waals surface area contributed by atoms with Crippen LogP contribution in [0.15, 0.2) is 53.0 Å². The van der Waals surface area contributed by atoms with Gasteiger partial charge >= 0.3 is 0 Å². The Morgan fingerprint density at radius 3 is 2.05 bits per heavy atom. The van der Waals surface area contributed by atoms with Gasteiger partial charge in [0.25, 0.3) is 0 Å². The first-order valence-corrected chi connectivity index (χ1v) is 8.01. The Morgan fingerprint density at radius 1 is 0.857 bits per heavy atom. The summed E-state index contributed by atoms with van der Waals surface area (Å²) in [6.45, 7) is 4.16. The molecule has 0 atom stereocenters. The quantitative estimate of drug-likeness (QED) is 0.923. The van der Waals surface area contributed by atoms with Crippen molar-refractivity contribution in [2.75, 3.05) is 36.0 Å². The van der Waals surface area contributed by atoms with Gasteiger partial charge in [0.15, 0.2) is 0 Å². The molecule has 0 aliphatic carbocycles. The molecule has 21 heavy (non-hydrogen) atoms. The number of halogens is 1. The normalized spacial score (nSPS) is 15.3. The number of nitrogens with zero attached hydrogens (tertiary/aromatic N) is 2. The van der Waals surface area contributed by atoms with Gasteiger partial charge in [0.1, 0.15) is 0 Å². The lowest BCUT2D eigenvalue weighted by Crippen LogP contribution is -2.46. The van der Waals surface area contributed by atoms with E-state index in [1.807, 2.05) is 6.07 Å². The van der Waals surface area contributed by atoms with Crippen LogP contribution < -0.4 is 9.80 Å². The minimum absolute atomic E-state index is 0.0721. The van der Waals surface area contributed by atoms with Gasteiger partial charge in [-0.1, -0.05) is 40.2 Å². The van der Waals surface area contributed by atoms with Gasteiger partial charge in [-0.05, 0) is 29.8 Å². The SMILES string of the molecule is OCc1ccc(N2CCN(c3ccccc3)CC2)cc1Br. The minimum Gasteiger partial charge on any atom is -0.392 e. The second kappa shape index (κ2) is 6.50. The molecule has 1 aliphatic heterocycles. The molecule has 1 saturated heterocycles. The average molecular weight is 347 g/mol. The van der Waals surface area contributed by atoms with Gasteiger partial charge in [0.2, 0.25) is 0 Å². The van der Waals surface area contributed by atoms with E-state index in [0.29, 0.717) is 0 Å². The summed E-state index contributed by atoms with van der Waals surface area (Å²) in [5.41, 5.74) is 3.45. The fraction of sp³-hybridized carbons (Fsp3) is 0.294. The second-order valence-electron chi connectivity index (χ2n) is 5.24. The molecule has 0 radical (unpaired) electrons. The zero-order chi connectivity index (χ0) is 14.7. The van der Waals surface area contributed by atoms with E-state index in [1.54, 1.807) is 0 Å². The Bertz CT molecular complexity index is 595. The first-order valence-electron chi connectivity index (χ1n) is 7.22. The number of anilines is 2. The fourth-order valence-corrected chi connectivity index (χ4v) is 3.21. The van der Waals surface area contributed by atoms with Crippen LogP contribution in [0.5, 0.6) is 0 Å². The molecule has 110 valence electrons. The van der Waals surface area contributed by atoms with E-state index in [-0.39, 0.29) is 6.61 Å². The first-order chi connectivity index (χ1) is 10.3. The number of hydrogen-bond donors (Lipinski definition) is 1. The number of aliphatic hydroxyl groups is 1. The summed E-state index contributed by atoms with van der Waals surface area (Å²) in [6, 6.07) is 16.8. The Balaban J connectivity index is 1.67. The zero-order valence-electron chi connectivity index (χ0n) is 11.9. The van der Waals surface area contributed by atoms with Gasteiger partial charge in [-0.3, -0.25) is 0 Å². The molecule has 0 spiro atoms. The molecule has 2 aromatic carbocycles. The molecule has 0 saturated carbocycles. The molecule has 2 aromatic rings. The Hall–Kier alpha value is -1.52. The molecule has 0 aromatic heterocycles. The average Bonchev–Trinajstić information content (AvgIpc) is 2.56. The molecule has 3 rings (SSSR count). The van der Waals surface area contributed by atoms with Crippen LogP contribution in [0.1, 0.15) is 5.56 Å². The molecule has 0 bridgehead atoms. The standard InChI is InChI=1S/C17H19BrN2O/c18-17-12-16(7-6-14(17)13-21)20-10-8-19(9-11-20)15-4-2-1-3-5-15/h1-7,12,21H,8-11,13H2. The minimum atomic E-state index is 0.0721. The highest BCUT2D eigenvalue weighted by Crippen LogP contribution is 2.26. The molecule has 0 amide bonds. The highest BCUT2D eigenvalue weighted by atomic mass is 79.9. The van der Waals surface area contributed by atoms with Crippen molar-refractivity contribution in [2.45, 2.75) is 6.61 Å². The molecule has 1 heterocycles. The number of piperazine rings is 1. The zero-order valence-corrected chi connectivity index (χ0v) is 13.5. The van der Waals surface area contributed by atoms with Crippen molar-refractivity contribution in [1.29, 1.82) is 0 Å². The van der Waals surface area contributed by atoms with Gasteiger partial charge in [-0.2, -0.15) is 0 Å². The highest BCUT2D eigenvalue weighted by molar-refractivity contribution is 9.10. The predicted molar refractivity (Wildman–Crippen MR) is 90.9 cm³/mol. The third-order valence-corrected chi connectivity index (χ3v) is 4.71. The molecule has 4 heteroatoms. The third kappa shape index (κ3) is 3.22. The maximum atomic E-state index is 9.23. The number of benzene rings is 2. The van der Waals surface area contributed by atoms with E-state index in [1.165, 1.54) is 11.4 Å². The number of rotatable bonds is 3. The molecule has 0 unspecified atom stereocenters. The van der Waals surface area contributed by atoms with Crippen LogP contribution in [0.25, 0.3) is 0 Å². The maximum Gasteiger partial charge on any atom is 0.0692 e.